The number of hydrogen-bond acceptors (Lipinski definition) is 3. The molecule has 2 heterocycles. The molecule has 146 valence electrons. The highest BCUT2D eigenvalue weighted by molar-refractivity contribution is 6.03. The van der Waals surface area contributed by atoms with Crippen LogP contribution < -0.4 is 5.32 Å². The van der Waals surface area contributed by atoms with Crippen molar-refractivity contribution in [3.05, 3.63) is 65.5 Å². The van der Waals surface area contributed by atoms with Gasteiger partial charge in [0.05, 0.1) is 16.8 Å². The van der Waals surface area contributed by atoms with E-state index in [-0.39, 0.29) is 29.2 Å². The molecule has 0 bridgehead atoms. The van der Waals surface area contributed by atoms with Crippen LogP contribution in [0, 0.1) is 11.8 Å². The van der Waals surface area contributed by atoms with E-state index in [9.17, 15) is 26.7 Å². The number of aromatic nitrogens is 3. The van der Waals surface area contributed by atoms with Gasteiger partial charge in [-0.15, -0.1) is 0 Å². The summed E-state index contributed by atoms with van der Waals surface area (Å²) in [5.41, 5.74) is -1.73. The second-order valence-corrected chi connectivity index (χ2v) is 5.70. The lowest BCUT2D eigenvalue weighted by atomic mass is 10.1. The summed E-state index contributed by atoms with van der Waals surface area (Å²) in [6, 6.07) is 8.30. The van der Waals surface area contributed by atoms with Crippen molar-refractivity contribution < 1.29 is 26.7 Å². The minimum Gasteiger partial charge on any atom is -0.306 e. The van der Waals surface area contributed by atoms with Gasteiger partial charge in [0, 0.05) is 6.54 Å². The number of hydrogen-bond donors (Lipinski definition) is 1. The number of nitrogens with one attached hydrogen (secondary N) is 1. The molecule has 0 saturated heterocycles. The maximum absolute atomic E-state index is 14.4. The number of nitrogens with zero attached hydrogens (tertiary/aromatic N) is 3. The summed E-state index contributed by atoms with van der Waals surface area (Å²) in [4.78, 5) is 15.6. The highest BCUT2D eigenvalue weighted by Crippen LogP contribution is 2.32. The molecule has 0 atom stereocenters. The van der Waals surface area contributed by atoms with Crippen molar-refractivity contribution in [3.8, 4) is 11.3 Å². The Labute approximate surface area is 155 Å². The first-order valence-electron chi connectivity index (χ1n) is 8.08. The fraction of sp³-hybridized carbons (Fsp3) is 0.167. The van der Waals surface area contributed by atoms with Gasteiger partial charge in [-0.05, 0) is 37.3 Å². The first-order valence-corrected chi connectivity index (χ1v) is 8.08. The summed E-state index contributed by atoms with van der Waals surface area (Å²) in [7, 11) is 0. The van der Waals surface area contributed by atoms with E-state index in [0.29, 0.717) is 0 Å². The van der Waals surface area contributed by atoms with E-state index in [1.54, 1.807) is 6.92 Å². The average Bonchev–Trinajstić information content (AvgIpc) is 3.06. The molecule has 0 radical (unpaired) electrons. The van der Waals surface area contributed by atoms with Crippen LogP contribution >= 0.6 is 0 Å². The molecule has 0 spiro atoms. The molecular weight excluding hydrogens is 383 g/mol. The van der Waals surface area contributed by atoms with E-state index in [2.05, 4.69) is 15.4 Å². The minimum atomic E-state index is -4.67. The third-order valence-electron chi connectivity index (χ3n) is 3.85. The van der Waals surface area contributed by atoms with Crippen molar-refractivity contribution in [2.75, 3.05) is 5.32 Å². The Morgan fingerprint density at radius 2 is 1.86 bits per heavy atom. The third-order valence-corrected chi connectivity index (χ3v) is 3.85. The predicted octanol–water partition coefficient (Wildman–Crippen LogP) is 4.51. The van der Waals surface area contributed by atoms with Crippen LogP contribution in [0.15, 0.2) is 42.5 Å². The Morgan fingerprint density at radius 1 is 1.14 bits per heavy atom. The van der Waals surface area contributed by atoms with Gasteiger partial charge in [-0.3, -0.25) is 9.48 Å². The van der Waals surface area contributed by atoms with Gasteiger partial charge < -0.3 is 5.32 Å². The molecule has 1 N–H and O–H groups in total. The molecule has 0 aliphatic carbocycles. The van der Waals surface area contributed by atoms with Crippen molar-refractivity contribution in [1.29, 1.82) is 0 Å². The molecule has 28 heavy (non-hydrogen) atoms. The standard InChI is InChI=1S/C18H13F5N4O/c1-2-27-13(9-14(26-27)18(21,22)23)11-7-8-15(24-16(11)20)25-17(28)10-5-3-4-6-12(10)19/h3-9H,2H2,1H3,(H,24,25,28). The van der Waals surface area contributed by atoms with Gasteiger partial charge in [0.1, 0.15) is 11.6 Å². The Hall–Kier alpha value is -3.30. The van der Waals surface area contributed by atoms with Crippen LogP contribution in [0.25, 0.3) is 11.3 Å². The lowest BCUT2D eigenvalue weighted by Gasteiger charge is -2.08. The van der Waals surface area contributed by atoms with Crippen LogP contribution in [0.2, 0.25) is 0 Å². The first kappa shape index (κ1) is 19.5. The van der Waals surface area contributed by atoms with E-state index in [1.807, 2.05) is 0 Å². The summed E-state index contributed by atoms with van der Waals surface area (Å²) in [5.74, 6) is -2.91. The van der Waals surface area contributed by atoms with E-state index in [4.69, 9.17) is 0 Å². The maximum atomic E-state index is 14.4. The zero-order valence-electron chi connectivity index (χ0n) is 14.4. The van der Waals surface area contributed by atoms with Gasteiger partial charge in [0.25, 0.3) is 5.91 Å². The highest BCUT2D eigenvalue weighted by atomic mass is 19.4. The maximum Gasteiger partial charge on any atom is 0.435 e. The lowest BCUT2D eigenvalue weighted by Crippen LogP contribution is -2.15. The summed E-state index contributed by atoms with van der Waals surface area (Å²) < 4.78 is 67.7. The SMILES string of the molecule is CCn1nc(C(F)(F)F)cc1-c1ccc(NC(=O)c2ccccc2F)nc1F. The fourth-order valence-corrected chi connectivity index (χ4v) is 2.54. The number of rotatable bonds is 4. The first-order chi connectivity index (χ1) is 13.2. The van der Waals surface area contributed by atoms with Gasteiger partial charge in [-0.1, -0.05) is 12.1 Å². The second kappa shape index (κ2) is 7.37. The zero-order chi connectivity index (χ0) is 20.5. The van der Waals surface area contributed by atoms with Crippen LogP contribution in [0.5, 0.6) is 0 Å². The zero-order valence-corrected chi connectivity index (χ0v) is 14.4. The molecule has 0 saturated carbocycles. The summed E-state index contributed by atoms with van der Waals surface area (Å²) in [5, 5.41) is 5.67. The lowest BCUT2D eigenvalue weighted by molar-refractivity contribution is -0.141. The predicted molar refractivity (Wildman–Crippen MR) is 90.4 cm³/mol. The fourth-order valence-electron chi connectivity index (χ4n) is 2.54. The smallest absolute Gasteiger partial charge is 0.306 e. The summed E-state index contributed by atoms with van der Waals surface area (Å²) >= 11 is 0. The molecular formula is C18H13F5N4O. The second-order valence-electron chi connectivity index (χ2n) is 5.70. The molecule has 0 aliphatic heterocycles. The third kappa shape index (κ3) is 3.85. The molecule has 0 aliphatic rings. The molecule has 3 aromatic rings. The number of anilines is 1. The van der Waals surface area contributed by atoms with Crippen molar-refractivity contribution in [1.82, 2.24) is 14.8 Å². The van der Waals surface area contributed by atoms with Crippen molar-refractivity contribution >= 4 is 11.7 Å². The summed E-state index contributed by atoms with van der Waals surface area (Å²) in [6.45, 7) is 1.64. The highest BCUT2D eigenvalue weighted by Gasteiger charge is 2.35. The van der Waals surface area contributed by atoms with Crippen molar-refractivity contribution in [2.24, 2.45) is 0 Å². The molecule has 1 aromatic carbocycles. The molecule has 0 unspecified atom stereocenters. The van der Waals surface area contributed by atoms with Crippen molar-refractivity contribution in [2.45, 2.75) is 19.6 Å². The minimum absolute atomic E-state index is 0.0800. The van der Waals surface area contributed by atoms with Crippen LogP contribution in [-0.4, -0.2) is 20.7 Å². The molecule has 1 amide bonds. The van der Waals surface area contributed by atoms with E-state index in [1.165, 1.54) is 30.3 Å². The number of amides is 1. The van der Waals surface area contributed by atoms with E-state index >= 15 is 0 Å². The number of pyridine rings is 1. The van der Waals surface area contributed by atoms with Gasteiger partial charge in [0.2, 0.25) is 5.95 Å². The Bertz CT molecular complexity index is 1030. The number of aryl methyl sites for hydroxylation is 1. The van der Waals surface area contributed by atoms with Crippen LogP contribution in [-0.2, 0) is 12.7 Å². The Kier molecular flexibility index (Phi) is 5.12. The molecule has 2 aromatic heterocycles. The monoisotopic (exact) mass is 396 g/mol. The number of benzene rings is 1. The van der Waals surface area contributed by atoms with Crippen LogP contribution in [0.3, 0.4) is 0 Å². The largest absolute Gasteiger partial charge is 0.435 e. The number of carbonyl (C=O) groups excluding carboxylic acids is 1. The Morgan fingerprint density at radius 3 is 2.46 bits per heavy atom. The topological polar surface area (TPSA) is 59.8 Å². The van der Waals surface area contributed by atoms with Gasteiger partial charge in [-0.2, -0.15) is 22.7 Å². The van der Waals surface area contributed by atoms with E-state index in [0.717, 1.165) is 16.8 Å². The van der Waals surface area contributed by atoms with Gasteiger partial charge >= 0.3 is 6.18 Å². The molecule has 3 rings (SSSR count). The number of alkyl halides is 3. The molecule has 5 nitrogen and oxygen atoms in total. The number of carbonyl (C=O) groups is 1. The molecule has 0 fully saturated rings. The summed E-state index contributed by atoms with van der Waals surface area (Å²) in [6.07, 6.45) is -4.67. The van der Waals surface area contributed by atoms with Gasteiger partial charge in [0.15, 0.2) is 5.69 Å². The van der Waals surface area contributed by atoms with E-state index < -0.39 is 29.5 Å². The van der Waals surface area contributed by atoms with Crippen molar-refractivity contribution in [3.63, 3.8) is 0 Å². The van der Waals surface area contributed by atoms with Gasteiger partial charge in [-0.25, -0.2) is 9.37 Å². The quantitative estimate of drug-likeness (QED) is 0.521. The van der Waals surface area contributed by atoms with Crippen LogP contribution in [0.1, 0.15) is 23.0 Å². The average molecular weight is 396 g/mol. The van der Waals surface area contributed by atoms with Crippen LogP contribution in [0.4, 0.5) is 27.8 Å². The molecule has 10 heteroatoms. The number of halogens is 5. The normalized spacial score (nSPS) is 11.5. The Balaban J connectivity index is 1.90.